The molecule has 0 radical (unpaired) electrons. The molecule has 2 aromatic carbocycles. The monoisotopic (exact) mass is 304 g/mol. The van der Waals surface area contributed by atoms with Crippen molar-refractivity contribution >= 4 is 22.5 Å². The number of carbonyl (C=O) groups excluding carboxylic acids is 1. The molecule has 0 saturated carbocycles. The topological polar surface area (TPSA) is 51.2 Å². The molecule has 0 atom stereocenters. The number of anilines is 1. The number of hydrogen-bond acceptors (Lipinski definition) is 3. The molecule has 0 saturated heterocycles. The number of carbonyl (C=O) groups is 1. The number of nitrogens with one attached hydrogen (secondary N) is 1. The fraction of sp³-hybridized carbons (Fsp3) is 0.0526. The first kappa shape index (κ1) is 14.8. The zero-order valence-electron chi connectivity index (χ0n) is 12.7. The van der Waals surface area contributed by atoms with E-state index in [0.717, 1.165) is 33.5 Å². The van der Waals surface area contributed by atoms with Gasteiger partial charge in [0, 0.05) is 17.1 Å². The Bertz CT molecular complexity index is 870. The summed E-state index contributed by atoms with van der Waals surface area (Å²) in [5.41, 5.74) is 3.35. The standard InChI is InChI=1S/C19H16N2O2/c1-3-18(22)21-19-15-6-4-5-7-17(15)20-12-16(19)13-8-10-14(23-2)11-9-13/h3-12H,1H2,2H3,(H,20,21,22). The average Bonchev–Trinajstić information content (AvgIpc) is 2.62. The molecule has 1 N–H and O–H groups in total. The minimum absolute atomic E-state index is 0.254. The van der Waals surface area contributed by atoms with E-state index in [1.54, 1.807) is 13.3 Å². The molecule has 4 heteroatoms. The zero-order chi connectivity index (χ0) is 16.2. The van der Waals surface area contributed by atoms with Gasteiger partial charge in [0.2, 0.25) is 5.91 Å². The summed E-state index contributed by atoms with van der Waals surface area (Å²) in [6.07, 6.45) is 3.02. The Labute approximate surface area is 134 Å². The van der Waals surface area contributed by atoms with E-state index in [0.29, 0.717) is 0 Å². The van der Waals surface area contributed by atoms with Crippen LogP contribution in [0, 0.1) is 0 Å². The van der Waals surface area contributed by atoms with Crippen LogP contribution in [-0.4, -0.2) is 18.0 Å². The zero-order valence-corrected chi connectivity index (χ0v) is 12.7. The van der Waals surface area contributed by atoms with E-state index < -0.39 is 0 Å². The summed E-state index contributed by atoms with van der Waals surface area (Å²) in [7, 11) is 1.63. The number of methoxy groups -OCH3 is 1. The van der Waals surface area contributed by atoms with Crippen molar-refractivity contribution in [2.24, 2.45) is 0 Å². The van der Waals surface area contributed by atoms with Crippen LogP contribution < -0.4 is 10.1 Å². The van der Waals surface area contributed by atoms with E-state index in [1.165, 1.54) is 6.08 Å². The Morgan fingerprint density at radius 2 is 1.91 bits per heavy atom. The van der Waals surface area contributed by atoms with E-state index in [9.17, 15) is 4.79 Å². The quantitative estimate of drug-likeness (QED) is 0.740. The van der Waals surface area contributed by atoms with Crippen LogP contribution in [0.5, 0.6) is 5.75 Å². The van der Waals surface area contributed by atoms with Gasteiger partial charge in [-0.25, -0.2) is 0 Å². The van der Waals surface area contributed by atoms with E-state index in [4.69, 9.17) is 4.74 Å². The van der Waals surface area contributed by atoms with Gasteiger partial charge in [-0.2, -0.15) is 0 Å². The molecular formula is C19H16N2O2. The number of para-hydroxylation sites is 1. The molecule has 3 rings (SSSR count). The summed E-state index contributed by atoms with van der Waals surface area (Å²) in [6.45, 7) is 3.52. The van der Waals surface area contributed by atoms with Crippen molar-refractivity contribution < 1.29 is 9.53 Å². The van der Waals surface area contributed by atoms with Crippen LogP contribution in [0.4, 0.5) is 5.69 Å². The molecule has 0 aliphatic heterocycles. The number of pyridine rings is 1. The molecule has 3 aromatic rings. The van der Waals surface area contributed by atoms with Gasteiger partial charge in [-0.15, -0.1) is 0 Å². The molecule has 1 amide bonds. The lowest BCUT2D eigenvalue weighted by atomic mass is 10.0. The second-order valence-corrected chi connectivity index (χ2v) is 4.99. The molecule has 0 aliphatic rings. The van der Waals surface area contributed by atoms with Crippen molar-refractivity contribution in [3.05, 3.63) is 67.4 Å². The molecule has 1 aromatic heterocycles. The van der Waals surface area contributed by atoms with Crippen LogP contribution in [0.2, 0.25) is 0 Å². The third kappa shape index (κ3) is 2.92. The highest BCUT2D eigenvalue weighted by Crippen LogP contribution is 2.34. The van der Waals surface area contributed by atoms with Crippen molar-refractivity contribution in [1.29, 1.82) is 0 Å². The highest BCUT2D eigenvalue weighted by molar-refractivity contribution is 6.09. The van der Waals surface area contributed by atoms with Crippen LogP contribution in [0.1, 0.15) is 0 Å². The summed E-state index contributed by atoms with van der Waals surface area (Å²) in [6, 6.07) is 15.3. The Balaban J connectivity index is 2.19. The summed E-state index contributed by atoms with van der Waals surface area (Å²) >= 11 is 0. The molecule has 1 heterocycles. The lowest BCUT2D eigenvalue weighted by Crippen LogP contribution is -2.09. The second-order valence-electron chi connectivity index (χ2n) is 4.99. The third-order valence-electron chi connectivity index (χ3n) is 3.61. The van der Waals surface area contributed by atoms with Gasteiger partial charge in [-0.1, -0.05) is 36.9 Å². The molecule has 0 spiro atoms. The number of nitrogens with zero attached hydrogens (tertiary/aromatic N) is 1. The normalized spacial score (nSPS) is 10.3. The molecule has 114 valence electrons. The Hall–Kier alpha value is -3.14. The van der Waals surface area contributed by atoms with E-state index >= 15 is 0 Å². The lowest BCUT2D eigenvalue weighted by molar-refractivity contribution is -0.111. The van der Waals surface area contributed by atoms with Crippen LogP contribution in [0.25, 0.3) is 22.0 Å². The predicted molar refractivity (Wildman–Crippen MR) is 92.6 cm³/mol. The van der Waals surface area contributed by atoms with Gasteiger partial charge in [0.05, 0.1) is 18.3 Å². The fourth-order valence-corrected chi connectivity index (χ4v) is 2.44. The number of aromatic nitrogens is 1. The molecule has 23 heavy (non-hydrogen) atoms. The number of benzene rings is 2. The van der Waals surface area contributed by atoms with Crippen molar-refractivity contribution in [1.82, 2.24) is 4.98 Å². The van der Waals surface area contributed by atoms with E-state index in [2.05, 4.69) is 16.9 Å². The maximum atomic E-state index is 11.8. The maximum absolute atomic E-state index is 11.8. The molecule has 0 fully saturated rings. The van der Waals surface area contributed by atoms with Gasteiger partial charge >= 0.3 is 0 Å². The average molecular weight is 304 g/mol. The number of rotatable bonds is 4. The number of ether oxygens (including phenoxy) is 1. The first-order valence-electron chi connectivity index (χ1n) is 7.18. The fourth-order valence-electron chi connectivity index (χ4n) is 2.44. The summed E-state index contributed by atoms with van der Waals surface area (Å²) < 4.78 is 5.19. The van der Waals surface area contributed by atoms with Crippen LogP contribution in [-0.2, 0) is 4.79 Å². The predicted octanol–water partition coefficient (Wildman–Crippen LogP) is 4.03. The first-order valence-corrected chi connectivity index (χ1v) is 7.18. The first-order chi connectivity index (χ1) is 11.2. The highest BCUT2D eigenvalue weighted by atomic mass is 16.5. The van der Waals surface area contributed by atoms with E-state index in [1.807, 2.05) is 48.5 Å². The number of amides is 1. The lowest BCUT2D eigenvalue weighted by Gasteiger charge is -2.13. The molecule has 0 unspecified atom stereocenters. The minimum atomic E-state index is -0.254. The summed E-state index contributed by atoms with van der Waals surface area (Å²) in [4.78, 5) is 16.3. The minimum Gasteiger partial charge on any atom is -0.497 e. The SMILES string of the molecule is C=CC(=O)Nc1c(-c2ccc(OC)cc2)cnc2ccccc12. The highest BCUT2D eigenvalue weighted by Gasteiger charge is 2.12. The summed E-state index contributed by atoms with van der Waals surface area (Å²) in [5, 5.41) is 3.79. The summed E-state index contributed by atoms with van der Waals surface area (Å²) in [5.74, 6) is 0.523. The Morgan fingerprint density at radius 3 is 2.61 bits per heavy atom. The van der Waals surface area contributed by atoms with Gasteiger partial charge < -0.3 is 10.1 Å². The van der Waals surface area contributed by atoms with Crippen molar-refractivity contribution in [3.63, 3.8) is 0 Å². The molecule has 0 aliphatic carbocycles. The van der Waals surface area contributed by atoms with Crippen molar-refractivity contribution in [2.75, 3.05) is 12.4 Å². The Kier molecular flexibility index (Phi) is 4.06. The van der Waals surface area contributed by atoms with Gasteiger partial charge in [0.25, 0.3) is 0 Å². The maximum Gasteiger partial charge on any atom is 0.247 e. The largest absolute Gasteiger partial charge is 0.497 e. The van der Waals surface area contributed by atoms with Crippen LogP contribution in [0.15, 0.2) is 67.4 Å². The Morgan fingerprint density at radius 1 is 1.17 bits per heavy atom. The van der Waals surface area contributed by atoms with E-state index in [-0.39, 0.29) is 5.91 Å². The number of fused-ring (bicyclic) bond motifs is 1. The van der Waals surface area contributed by atoms with Crippen LogP contribution in [0.3, 0.4) is 0 Å². The van der Waals surface area contributed by atoms with Gasteiger partial charge in [-0.05, 0) is 29.8 Å². The number of hydrogen-bond donors (Lipinski definition) is 1. The van der Waals surface area contributed by atoms with Gasteiger partial charge in [0.15, 0.2) is 0 Å². The third-order valence-corrected chi connectivity index (χ3v) is 3.61. The smallest absolute Gasteiger partial charge is 0.247 e. The van der Waals surface area contributed by atoms with Crippen LogP contribution >= 0.6 is 0 Å². The molecule has 4 nitrogen and oxygen atoms in total. The molecular weight excluding hydrogens is 288 g/mol. The second kappa shape index (κ2) is 6.32. The van der Waals surface area contributed by atoms with Gasteiger partial charge in [0.1, 0.15) is 5.75 Å². The van der Waals surface area contributed by atoms with Crippen molar-refractivity contribution in [3.8, 4) is 16.9 Å². The van der Waals surface area contributed by atoms with Gasteiger partial charge in [-0.3, -0.25) is 9.78 Å². The molecule has 0 bridgehead atoms. The van der Waals surface area contributed by atoms with Crippen molar-refractivity contribution in [2.45, 2.75) is 0 Å².